The van der Waals surface area contributed by atoms with Crippen LogP contribution in [0.2, 0.25) is 0 Å². The minimum Gasteiger partial charge on any atom is -0.291 e. The molecule has 0 radical (unpaired) electrons. The highest BCUT2D eigenvalue weighted by Gasteiger charge is 2.30. The van der Waals surface area contributed by atoms with Crippen molar-refractivity contribution in [3.8, 4) is 0 Å². The molecule has 6 heteroatoms. The number of amides is 2. The molecule has 0 atom stereocenters. The average molecular weight is 312 g/mol. The molecule has 0 saturated carbocycles. The second-order valence-electron chi connectivity index (χ2n) is 3.79. The van der Waals surface area contributed by atoms with Gasteiger partial charge in [-0.3, -0.25) is 19.2 Å². The number of hydrogen-bond acceptors (Lipinski definition) is 4. The molecule has 0 N–H and O–H groups in total. The van der Waals surface area contributed by atoms with Crippen molar-refractivity contribution in [1.29, 1.82) is 0 Å². The lowest BCUT2D eigenvalue weighted by molar-refractivity contribution is -0.183. The van der Waals surface area contributed by atoms with Crippen LogP contribution in [0.4, 0.5) is 0 Å². The van der Waals surface area contributed by atoms with Crippen molar-refractivity contribution in [2.75, 3.05) is 6.61 Å². The average Bonchev–Trinajstić information content (AvgIpc) is 2.67. The molecule has 1 aliphatic heterocycles. The van der Waals surface area contributed by atoms with E-state index in [1.807, 2.05) is 0 Å². The number of carbonyl (C=O) groups is 3. The lowest BCUT2D eigenvalue weighted by atomic mass is 10.1. The summed E-state index contributed by atoms with van der Waals surface area (Å²) in [7, 11) is 0. The molecule has 2 amide bonds. The van der Waals surface area contributed by atoms with Crippen molar-refractivity contribution in [3.05, 3.63) is 34.3 Å². The van der Waals surface area contributed by atoms with E-state index in [1.165, 1.54) is 0 Å². The van der Waals surface area contributed by atoms with Gasteiger partial charge in [-0.2, -0.15) is 5.06 Å². The number of imide groups is 1. The van der Waals surface area contributed by atoms with Crippen molar-refractivity contribution >= 4 is 33.5 Å². The van der Waals surface area contributed by atoms with E-state index in [1.54, 1.807) is 24.3 Å². The first-order valence-electron chi connectivity index (χ1n) is 5.35. The Kier molecular flexibility index (Phi) is 3.88. The first kappa shape index (κ1) is 12.9. The predicted molar refractivity (Wildman–Crippen MR) is 65.5 cm³/mol. The summed E-state index contributed by atoms with van der Waals surface area (Å²) in [6.07, 6.45) is 0.288. The molecular weight excluding hydrogens is 302 g/mol. The van der Waals surface area contributed by atoms with E-state index in [9.17, 15) is 14.4 Å². The van der Waals surface area contributed by atoms with E-state index in [0.29, 0.717) is 10.6 Å². The van der Waals surface area contributed by atoms with Crippen LogP contribution in [0.15, 0.2) is 28.7 Å². The van der Waals surface area contributed by atoms with E-state index in [-0.39, 0.29) is 25.2 Å². The Morgan fingerprint density at radius 2 is 1.72 bits per heavy atom. The van der Waals surface area contributed by atoms with Gasteiger partial charge in [-0.25, -0.2) is 0 Å². The maximum atomic E-state index is 11.7. The number of nitrogens with zero attached hydrogens (tertiary/aromatic N) is 1. The molecule has 1 aliphatic rings. The third-order valence-electron chi connectivity index (χ3n) is 2.50. The maximum absolute atomic E-state index is 11.7. The minimum atomic E-state index is -0.399. The highest BCUT2D eigenvalue weighted by Crippen LogP contribution is 2.14. The van der Waals surface area contributed by atoms with E-state index in [0.717, 1.165) is 4.47 Å². The fraction of sp³-hybridized carbons (Fsp3) is 0.250. The van der Waals surface area contributed by atoms with Gasteiger partial charge in [0.2, 0.25) is 0 Å². The second-order valence-corrected chi connectivity index (χ2v) is 4.70. The zero-order valence-corrected chi connectivity index (χ0v) is 11.0. The summed E-state index contributed by atoms with van der Waals surface area (Å²) in [5, 5.41) is 0.677. The van der Waals surface area contributed by atoms with Gasteiger partial charge in [-0.1, -0.05) is 28.1 Å². The Bertz CT molecular complexity index is 481. The van der Waals surface area contributed by atoms with Crippen LogP contribution in [0.25, 0.3) is 0 Å². The van der Waals surface area contributed by atoms with Crippen molar-refractivity contribution < 1.29 is 19.2 Å². The van der Waals surface area contributed by atoms with Crippen molar-refractivity contribution in [1.82, 2.24) is 5.06 Å². The summed E-state index contributed by atoms with van der Waals surface area (Å²) < 4.78 is 0.866. The number of hydroxylamine groups is 2. The van der Waals surface area contributed by atoms with Crippen LogP contribution in [0.3, 0.4) is 0 Å². The second kappa shape index (κ2) is 5.41. The maximum Gasteiger partial charge on any atom is 0.254 e. The zero-order valence-electron chi connectivity index (χ0n) is 9.39. The summed E-state index contributed by atoms with van der Waals surface area (Å²) in [5.74, 6) is -1.08. The summed E-state index contributed by atoms with van der Waals surface area (Å²) >= 11 is 3.26. The molecule has 94 valence electrons. The molecule has 0 aromatic heterocycles. The molecule has 1 saturated heterocycles. The van der Waals surface area contributed by atoms with Crippen LogP contribution in [0, 0.1) is 0 Å². The van der Waals surface area contributed by atoms with Gasteiger partial charge >= 0.3 is 0 Å². The highest BCUT2D eigenvalue weighted by molar-refractivity contribution is 9.10. The third-order valence-corrected chi connectivity index (χ3v) is 3.03. The van der Waals surface area contributed by atoms with E-state index in [4.69, 9.17) is 4.84 Å². The van der Waals surface area contributed by atoms with Crippen molar-refractivity contribution in [2.45, 2.75) is 12.8 Å². The molecule has 0 aliphatic carbocycles. The van der Waals surface area contributed by atoms with Gasteiger partial charge in [-0.15, -0.1) is 0 Å². The molecule has 0 spiro atoms. The Labute approximate surface area is 112 Å². The lowest BCUT2D eigenvalue weighted by Gasteiger charge is -2.12. The van der Waals surface area contributed by atoms with Crippen LogP contribution in [-0.2, 0) is 14.4 Å². The SMILES string of the molecule is O=C(CON1C(=O)CCC1=O)c1ccc(Br)cc1. The van der Waals surface area contributed by atoms with Gasteiger partial charge in [0.1, 0.15) is 6.61 Å². The van der Waals surface area contributed by atoms with Gasteiger partial charge in [-0.05, 0) is 12.1 Å². The zero-order chi connectivity index (χ0) is 13.1. The summed E-state index contributed by atoms with van der Waals surface area (Å²) in [6.45, 7) is -0.320. The Hall–Kier alpha value is -1.53. The lowest BCUT2D eigenvalue weighted by Crippen LogP contribution is -2.31. The molecule has 0 bridgehead atoms. The van der Waals surface area contributed by atoms with Crippen molar-refractivity contribution in [3.63, 3.8) is 0 Å². The predicted octanol–water partition coefficient (Wildman–Crippen LogP) is 1.71. The molecule has 5 nitrogen and oxygen atoms in total. The van der Waals surface area contributed by atoms with E-state index in [2.05, 4.69) is 15.9 Å². The quantitative estimate of drug-likeness (QED) is 0.627. The van der Waals surface area contributed by atoms with Crippen LogP contribution in [0.5, 0.6) is 0 Å². The number of ketones is 1. The smallest absolute Gasteiger partial charge is 0.254 e. The van der Waals surface area contributed by atoms with Crippen LogP contribution in [0.1, 0.15) is 23.2 Å². The van der Waals surface area contributed by atoms with Gasteiger partial charge in [0.25, 0.3) is 11.8 Å². The van der Waals surface area contributed by atoms with Crippen LogP contribution >= 0.6 is 15.9 Å². The molecule has 1 aromatic carbocycles. The van der Waals surface area contributed by atoms with Crippen LogP contribution in [-0.4, -0.2) is 29.3 Å². The molecule has 0 unspecified atom stereocenters. The van der Waals surface area contributed by atoms with Gasteiger partial charge in [0.05, 0.1) is 0 Å². The van der Waals surface area contributed by atoms with Gasteiger partial charge in [0.15, 0.2) is 5.78 Å². The largest absolute Gasteiger partial charge is 0.291 e. The normalized spacial score (nSPS) is 15.3. The number of Topliss-reactive ketones (excluding diaryl/α,β-unsaturated/α-hetero) is 1. The first-order chi connectivity index (χ1) is 8.58. The van der Waals surface area contributed by atoms with Crippen molar-refractivity contribution in [2.24, 2.45) is 0 Å². The number of benzene rings is 1. The summed E-state index contributed by atoms with van der Waals surface area (Å²) in [5.41, 5.74) is 0.470. The van der Waals surface area contributed by atoms with Gasteiger partial charge in [0, 0.05) is 22.9 Å². The van der Waals surface area contributed by atoms with E-state index < -0.39 is 11.8 Å². The van der Waals surface area contributed by atoms with Crippen LogP contribution < -0.4 is 0 Å². The Balaban J connectivity index is 1.94. The summed E-state index contributed by atoms with van der Waals surface area (Å²) in [4.78, 5) is 39.2. The number of rotatable bonds is 4. The van der Waals surface area contributed by atoms with E-state index >= 15 is 0 Å². The molecule has 1 aromatic rings. The molecule has 2 rings (SSSR count). The van der Waals surface area contributed by atoms with Gasteiger partial charge < -0.3 is 0 Å². The number of halogens is 1. The summed E-state index contributed by atoms with van der Waals surface area (Å²) in [6, 6.07) is 6.76. The molecule has 1 heterocycles. The Morgan fingerprint density at radius 1 is 1.17 bits per heavy atom. The Morgan fingerprint density at radius 3 is 2.28 bits per heavy atom. The fourth-order valence-electron chi connectivity index (χ4n) is 1.54. The molecule has 1 fully saturated rings. The standard InChI is InChI=1S/C12H10BrNO4/c13-9-3-1-8(2-4-9)10(15)7-18-14-11(16)5-6-12(14)17/h1-4H,5-7H2. The first-order valence-corrected chi connectivity index (χ1v) is 6.14. The minimum absolute atomic E-state index is 0.144. The number of carbonyl (C=O) groups excluding carboxylic acids is 3. The highest BCUT2D eigenvalue weighted by atomic mass is 79.9. The molecular formula is C12H10BrNO4. The monoisotopic (exact) mass is 311 g/mol. The topological polar surface area (TPSA) is 63.7 Å². The third kappa shape index (κ3) is 2.83. The fourth-order valence-corrected chi connectivity index (χ4v) is 1.81. The number of hydrogen-bond donors (Lipinski definition) is 0. The molecule has 18 heavy (non-hydrogen) atoms.